The van der Waals surface area contributed by atoms with Crippen LogP contribution in [0.5, 0.6) is 0 Å². The average Bonchev–Trinajstić information content (AvgIpc) is 3.24. The van der Waals surface area contributed by atoms with Gasteiger partial charge in [0.2, 0.25) is 0 Å². The first-order chi connectivity index (χ1) is 12.1. The first-order valence-electron chi connectivity index (χ1n) is 9.48. The van der Waals surface area contributed by atoms with E-state index in [-0.39, 0.29) is 12.5 Å². The third-order valence-corrected chi connectivity index (χ3v) is 5.65. The number of benzene rings is 1. The summed E-state index contributed by atoms with van der Waals surface area (Å²) in [5.41, 5.74) is 2.01. The van der Waals surface area contributed by atoms with Gasteiger partial charge in [0, 0.05) is 44.8 Å². The maximum atomic E-state index is 12.0. The van der Waals surface area contributed by atoms with E-state index in [2.05, 4.69) is 21.9 Å². The molecule has 5 nitrogen and oxygen atoms in total. The maximum absolute atomic E-state index is 12.0. The molecular formula is C20H31N3O2. The topological polar surface area (TPSA) is 47.0 Å². The number of aliphatic hydroxyl groups is 1. The molecule has 0 spiro atoms. The minimum atomic E-state index is 0.0506. The molecule has 2 aliphatic rings. The van der Waals surface area contributed by atoms with Crippen molar-refractivity contribution in [1.82, 2.24) is 14.7 Å². The molecule has 0 radical (unpaired) electrons. The number of likely N-dealkylation sites (tertiary alicyclic amines) is 2. The second kappa shape index (κ2) is 8.30. The van der Waals surface area contributed by atoms with Gasteiger partial charge < -0.3 is 10.0 Å². The molecule has 1 aromatic rings. The molecule has 0 aliphatic carbocycles. The van der Waals surface area contributed by atoms with Crippen LogP contribution in [-0.2, 0) is 6.54 Å². The number of hydrogen-bond donors (Lipinski definition) is 1. The van der Waals surface area contributed by atoms with E-state index in [1.807, 2.05) is 12.1 Å². The molecule has 5 heteroatoms. The summed E-state index contributed by atoms with van der Waals surface area (Å²) in [6.07, 6.45) is 4.83. The van der Waals surface area contributed by atoms with Crippen LogP contribution in [0.1, 0.15) is 41.6 Å². The molecule has 0 bridgehead atoms. The van der Waals surface area contributed by atoms with Crippen molar-refractivity contribution >= 4 is 5.91 Å². The van der Waals surface area contributed by atoms with Gasteiger partial charge in [0.15, 0.2) is 0 Å². The van der Waals surface area contributed by atoms with Crippen molar-refractivity contribution in [2.75, 3.05) is 40.3 Å². The molecular weight excluding hydrogens is 314 g/mol. The zero-order valence-corrected chi connectivity index (χ0v) is 15.5. The Kier molecular flexibility index (Phi) is 6.10. The van der Waals surface area contributed by atoms with Gasteiger partial charge in [0.05, 0.1) is 6.61 Å². The van der Waals surface area contributed by atoms with Crippen molar-refractivity contribution in [3.8, 4) is 0 Å². The Hall–Kier alpha value is -1.43. The second-order valence-corrected chi connectivity index (χ2v) is 7.64. The number of carbonyl (C=O) groups excluding carboxylic acids is 1. The minimum Gasteiger partial charge on any atom is -0.395 e. The first-order valence-corrected chi connectivity index (χ1v) is 9.48. The lowest BCUT2D eigenvalue weighted by Gasteiger charge is -2.31. The van der Waals surface area contributed by atoms with Crippen molar-refractivity contribution < 1.29 is 9.90 Å². The molecule has 3 rings (SSSR count). The van der Waals surface area contributed by atoms with Gasteiger partial charge in [-0.05, 0) is 56.5 Å². The fourth-order valence-corrected chi connectivity index (χ4v) is 4.17. The summed E-state index contributed by atoms with van der Waals surface area (Å²) in [6, 6.07) is 8.97. The predicted molar refractivity (Wildman–Crippen MR) is 99.6 cm³/mol. The quantitative estimate of drug-likeness (QED) is 0.854. The zero-order chi connectivity index (χ0) is 17.8. The van der Waals surface area contributed by atoms with Crippen molar-refractivity contribution in [3.05, 3.63) is 35.4 Å². The van der Waals surface area contributed by atoms with Crippen molar-refractivity contribution in [3.63, 3.8) is 0 Å². The Labute approximate surface area is 151 Å². The fraction of sp³-hybridized carbons (Fsp3) is 0.650. The van der Waals surface area contributed by atoms with Crippen LogP contribution in [-0.4, -0.2) is 78.1 Å². The molecule has 1 aromatic carbocycles. The standard InChI is InChI=1S/C20H31N3O2/c1-21(2)20(25)17-9-7-16(8-10-17)13-22-11-3-5-18(22)14-23-12-4-6-19(23)15-24/h7-10,18-19,24H,3-6,11-15H2,1-2H3. The highest BCUT2D eigenvalue weighted by molar-refractivity contribution is 5.93. The molecule has 1 amide bonds. The molecule has 0 saturated carbocycles. The largest absolute Gasteiger partial charge is 0.395 e. The SMILES string of the molecule is CN(C)C(=O)c1ccc(CN2CCCC2CN2CCCC2CO)cc1. The molecule has 0 aromatic heterocycles. The summed E-state index contributed by atoms with van der Waals surface area (Å²) in [6.45, 7) is 4.56. The second-order valence-electron chi connectivity index (χ2n) is 7.64. The van der Waals surface area contributed by atoms with Crippen molar-refractivity contribution in [1.29, 1.82) is 0 Å². The number of rotatable bonds is 6. The highest BCUT2D eigenvalue weighted by Crippen LogP contribution is 2.25. The van der Waals surface area contributed by atoms with E-state index < -0.39 is 0 Å². The van der Waals surface area contributed by atoms with Crippen LogP contribution < -0.4 is 0 Å². The molecule has 2 saturated heterocycles. The number of hydrogen-bond acceptors (Lipinski definition) is 4. The summed E-state index contributed by atoms with van der Waals surface area (Å²) in [5, 5.41) is 9.54. The van der Waals surface area contributed by atoms with Crippen LogP contribution in [0.2, 0.25) is 0 Å². The van der Waals surface area contributed by atoms with E-state index in [0.717, 1.165) is 38.2 Å². The van der Waals surface area contributed by atoms with E-state index in [9.17, 15) is 9.90 Å². The van der Waals surface area contributed by atoms with Gasteiger partial charge in [-0.1, -0.05) is 12.1 Å². The van der Waals surface area contributed by atoms with Gasteiger partial charge in [-0.15, -0.1) is 0 Å². The van der Waals surface area contributed by atoms with Crippen LogP contribution in [0.4, 0.5) is 0 Å². The summed E-state index contributed by atoms with van der Waals surface area (Å²) < 4.78 is 0. The van der Waals surface area contributed by atoms with Crippen LogP contribution in [0, 0.1) is 0 Å². The van der Waals surface area contributed by atoms with Gasteiger partial charge in [0.25, 0.3) is 5.91 Å². The summed E-state index contributed by atoms with van der Waals surface area (Å²) in [5.74, 6) is 0.0506. The number of aliphatic hydroxyl groups excluding tert-OH is 1. The van der Waals surface area contributed by atoms with Crippen LogP contribution in [0.25, 0.3) is 0 Å². The van der Waals surface area contributed by atoms with E-state index in [1.54, 1.807) is 19.0 Å². The van der Waals surface area contributed by atoms with Crippen LogP contribution in [0.15, 0.2) is 24.3 Å². The van der Waals surface area contributed by atoms with Gasteiger partial charge >= 0.3 is 0 Å². The molecule has 138 valence electrons. The smallest absolute Gasteiger partial charge is 0.253 e. The molecule has 2 heterocycles. The average molecular weight is 345 g/mol. The highest BCUT2D eigenvalue weighted by Gasteiger charge is 2.31. The minimum absolute atomic E-state index is 0.0506. The highest BCUT2D eigenvalue weighted by atomic mass is 16.3. The lowest BCUT2D eigenvalue weighted by molar-refractivity contribution is 0.0827. The Morgan fingerprint density at radius 2 is 1.72 bits per heavy atom. The third-order valence-electron chi connectivity index (χ3n) is 5.65. The van der Waals surface area contributed by atoms with E-state index in [1.165, 1.54) is 24.8 Å². The molecule has 2 unspecified atom stereocenters. The zero-order valence-electron chi connectivity index (χ0n) is 15.5. The number of nitrogens with zero attached hydrogens (tertiary/aromatic N) is 3. The van der Waals surface area contributed by atoms with Gasteiger partial charge in [0.1, 0.15) is 0 Å². The number of amides is 1. The molecule has 2 fully saturated rings. The van der Waals surface area contributed by atoms with Gasteiger partial charge in [-0.3, -0.25) is 14.6 Å². The van der Waals surface area contributed by atoms with Crippen molar-refractivity contribution in [2.24, 2.45) is 0 Å². The maximum Gasteiger partial charge on any atom is 0.253 e. The molecule has 2 aliphatic heterocycles. The lowest BCUT2D eigenvalue weighted by Crippen LogP contribution is -2.43. The third kappa shape index (κ3) is 4.40. The lowest BCUT2D eigenvalue weighted by atomic mass is 10.1. The van der Waals surface area contributed by atoms with Gasteiger partial charge in [-0.2, -0.15) is 0 Å². The summed E-state index contributed by atoms with van der Waals surface area (Å²) >= 11 is 0. The predicted octanol–water partition coefficient (Wildman–Crippen LogP) is 1.81. The van der Waals surface area contributed by atoms with Gasteiger partial charge in [-0.25, -0.2) is 0 Å². The number of carbonyl (C=O) groups is 1. The molecule has 2 atom stereocenters. The van der Waals surface area contributed by atoms with E-state index in [0.29, 0.717) is 12.1 Å². The summed E-state index contributed by atoms with van der Waals surface area (Å²) in [4.78, 5) is 18.6. The van der Waals surface area contributed by atoms with Crippen molar-refractivity contribution in [2.45, 2.75) is 44.3 Å². The Balaban J connectivity index is 1.58. The van der Waals surface area contributed by atoms with Crippen LogP contribution in [0.3, 0.4) is 0 Å². The molecule has 1 N–H and O–H groups in total. The van der Waals surface area contributed by atoms with E-state index >= 15 is 0 Å². The monoisotopic (exact) mass is 345 g/mol. The Morgan fingerprint density at radius 1 is 1.08 bits per heavy atom. The normalized spacial score (nSPS) is 24.8. The Bertz CT molecular complexity index is 573. The first kappa shape index (κ1) is 18.4. The fourth-order valence-electron chi connectivity index (χ4n) is 4.17. The molecule has 25 heavy (non-hydrogen) atoms. The Morgan fingerprint density at radius 3 is 2.36 bits per heavy atom. The summed E-state index contributed by atoms with van der Waals surface area (Å²) in [7, 11) is 3.56. The van der Waals surface area contributed by atoms with Crippen LogP contribution >= 0.6 is 0 Å². The van der Waals surface area contributed by atoms with E-state index in [4.69, 9.17) is 0 Å².